The van der Waals surface area contributed by atoms with Crippen LogP contribution in [-0.4, -0.2) is 30.7 Å². The van der Waals surface area contributed by atoms with Gasteiger partial charge in [0.25, 0.3) is 5.91 Å². The van der Waals surface area contributed by atoms with E-state index in [1.165, 1.54) is 6.07 Å². The van der Waals surface area contributed by atoms with Crippen molar-refractivity contribution in [3.63, 3.8) is 0 Å². The second-order valence-electron chi connectivity index (χ2n) is 6.94. The van der Waals surface area contributed by atoms with Crippen molar-refractivity contribution in [1.29, 1.82) is 0 Å². The monoisotopic (exact) mass is 414 g/mol. The van der Waals surface area contributed by atoms with E-state index in [1.54, 1.807) is 29.1 Å². The summed E-state index contributed by atoms with van der Waals surface area (Å²) in [4.78, 5) is 20.6. The number of halogens is 3. The van der Waals surface area contributed by atoms with Crippen LogP contribution in [0.2, 0.25) is 0 Å². The standard InChI is InChI=1S/C20H17F3N6O/c1-11-15-9-25-16-5-4-13(7-14(16)18(15)28(2)27-11)19(30)29(24)10-12-3-6-17(26-8-12)20(21,22)23/h3-9H,10,24H2,1-2H3. The molecule has 0 saturated carbocycles. The first-order valence-corrected chi connectivity index (χ1v) is 8.96. The van der Waals surface area contributed by atoms with Gasteiger partial charge in [-0.25, -0.2) is 5.84 Å². The van der Waals surface area contributed by atoms with E-state index in [0.717, 1.165) is 39.3 Å². The number of amides is 1. The number of carbonyl (C=O) groups is 1. The average Bonchev–Trinajstić information content (AvgIpc) is 3.00. The number of nitrogens with two attached hydrogens (primary N) is 1. The second kappa shape index (κ2) is 7.06. The Morgan fingerprint density at radius 1 is 1.13 bits per heavy atom. The van der Waals surface area contributed by atoms with Crippen molar-refractivity contribution in [2.45, 2.75) is 19.6 Å². The molecule has 10 heteroatoms. The fourth-order valence-corrected chi connectivity index (χ4v) is 3.37. The summed E-state index contributed by atoms with van der Waals surface area (Å²) >= 11 is 0. The predicted molar refractivity (Wildman–Crippen MR) is 104 cm³/mol. The molecule has 154 valence electrons. The van der Waals surface area contributed by atoms with E-state index < -0.39 is 17.8 Å². The van der Waals surface area contributed by atoms with E-state index in [4.69, 9.17) is 5.84 Å². The molecule has 7 nitrogen and oxygen atoms in total. The number of carbonyl (C=O) groups excluding carboxylic acids is 1. The molecule has 0 aliphatic heterocycles. The van der Waals surface area contributed by atoms with Gasteiger partial charge in [-0.15, -0.1) is 0 Å². The molecule has 3 aromatic heterocycles. The first-order chi connectivity index (χ1) is 14.1. The van der Waals surface area contributed by atoms with E-state index in [2.05, 4.69) is 15.1 Å². The van der Waals surface area contributed by atoms with Gasteiger partial charge >= 0.3 is 6.18 Å². The summed E-state index contributed by atoms with van der Waals surface area (Å²) in [6, 6.07) is 7.13. The molecule has 30 heavy (non-hydrogen) atoms. The Hall–Kier alpha value is -3.53. The number of hydrogen-bond acceptors (Lipinski definition) is 5. The van der Waals surface area contributed by atoms with E-state index in [9.17, 15) is 18.0 Å². The molecule has 1 aromatic carbocycles. The molecule has 4 aromatic rings. The second-order valence-corrected chi connectivity index (χ2v) is 6.94. The maximum absolute atomic E-state index is 12.8. The lowest BCUT2D eigenvalue weighted by Crippen LogP contribution is -2.36. The first kappa shape index (κ1) is 19.8. The molecule has 0 bridgehead atoms. The van der Waals surface area contributed by atoms with Crippen molar-refractivity contribution in [1.82, 2.24) is 24.8 Å². The lowest BCUT2D eigenvalue weighted by Gasteiger charge is -2.17. The molecule has 4 rings (SSSR count). The number of nitrogens with zero attached hydrogens (tertiary/aromatic N) is 5. The highest BCUT2D eigenvalue weighted by Gasteiger charge is 2.32. The molecule has 0 spiro atoms. The van der Waals surface area contributed by atoms with Gasteiger partial charge in [-0.3, -0.25) is 24.5 Å². The van der Waals surface area contributed by atoms with Crippen molar-refractivity contribution >= 4 is 27.7 Å². The number of fused-ring (bicyclic) bond motifs is 3. The Kier molecular flexibility index (Phi) is 4.65. The van der Waals surface area contributed by atoms with Gasteiger partial charge in [-0.2, -0.15) is 18.3 Å². The number of hydrogen-bond donors (Lipinski definition) is 1. The van der Waals surface area contributed by atoms with Gasteiger partial charge in [0, 0.05) is 35.8 Å². The van der Waals surface area contributed by atoms with Crippen LogP contribution in [0.15, 0.2) is 42.7 Å². The van der Waals surface area contributed by atoms with Gasteiger partial charge in [0.2, 0.25) is 0 Å². The highest BCUT2D eigenvalue weighted by atomic mass is 19.4. The van der Waals surface area contributed by atoms with E-state index >= 15 is 0 Å². The zero-order chi connectivity index (χ0) is 21.6. The molecule has 0 radical (unpaired) electrons. The number of pyridine rings is 2. The summed E-state index contributed by atoms with van der Waals surface area (Å²) in [6.45, 7) is 1.79. The quantitative estimate of drug-likeness (QED) is 0.315. The number of hydrazine groups is 1. The van der Waals surface area contributed by atoms with Gasteiger partial charge in [-0.05, 0) is 36.8 Å². The average molecular weight is 414 g/mol. The van der Waals surface area contributed by atoms with Gasteiger partial charge < -0.3 is 0 Å². The molecular weight excluding hydrogens is 397 g/mol. The Balaban J connectivity index is 1.63. The fraction of sp³-hybridized carbons (Fsp3) is 0.200. The number of rotatable bonds is 3. The van der Waals surface area contributed by atoms with Crippen LogP contribution in [0, 0.1) is 6.92 Å². The lowest BCUT2D eigenvalue weighted by atomic mass is 10.1. The predicted octanol–water partition coefficient (Wildman–Crippen LogP) is 3.36. The van der Waals surface area contributed by atoms with Crippen LogP contribution in [0.4, 0.5) is 13.2 Å². The van der Waals surface area contributed by atoms with Crippen LogP contribution in [0.1, 0.15) is 27.3 Å². The Bertz CT molecular complexity index is 1260. The highest BCUT2D eigenvalue weighted by Crippen LogP contribution is 2.28. The topological polar surface area (TPSA) is 89.9 Å². The first-order valence-electron chi connectivity index (χ1n) is 8.96. The largest absolute Gasteiger partial charge is 0.433 e. The van der Waals surface area contributed by atoms with E-state index in [1.807, 2.05) is 14.0 Å². The summed E-state index contributed by atoms with van der Waals surface area (Å²) in [5.41, 5.74) is 2.09. The molecule has 0 aliphatic rings. The summed E-state index contributed by atoms with van der Waals surface area (Å²) in [5.74, 6) is 5.42. The maximum Gasteiger partial charge on any atom is 0.433 e. The Labute approximate surface area is 168 Å². The van der Waals surface area contributed by atoms with Crippen molar-refractivity contribution in [2.24, 2.45) is 12.9 Å². The zero-order valence-corrected chi connectivity index (χ0v) is 16.1. The Morgan fingerprint density at radius 3 is 2.57 bits per heavy atom. The third kappa shape index (κ3) is 3.45. The summed E-state index contributed by atoms with van der Waals surface area (Å²) < 4.78 is 39.6. The lowest BCUT2D eigenvalue weighted by molar-refractivity contribution is -0.141. The minimum Gasteiger partial charge on any atom is -0.272 e. The molecule has 3 heterocycles. The van der Waals surface area contributed by atoms with E-state index in [0.29, 0.717) is 16.6 Å². The third-order valence-corrected chi connectivity index (χ3v) is 4.83. The Morgan fingerprint density at radius 2 is 1.90 bits per heavy atom. The summed E-state index contributed by atoms with van der Waals surface area (Å²) in [7, 11) is 1.82. The van der Waals surface area contributed by atoms with E-state index in [-0.39, 0.29) is 6.54 Å². The van der Waals surface area contributed by atoms with Gasteiger partial charge in [-0.1, -0.05) is 6.07 Å². The van der Waals surface area contributed by atoms with Crippen LogP contribution in [0.5, 0.6) is 0 Å². The summed E-state index contributed by atoms with van der Waals surface area (Å²) in [6.07, 6.45) is -1.72. The van der Waals surface area contributed by atoms with Gasteiger partial charge in [0.1, 0.15) is 5.69 Å². The van der Waals surface area contributed by atoms with Crippen molar-refractivity contribution in [3.8, 4) is 0 Å². The molecule has 0 fully saturated rings. The van der Waals surface area contributed by atoms with Gasteiger partial charge in [0.05, 0.1) is 23.3 Å². The van der Waals surface area contributed by atoms with Gasteiger partial charge in [0.15, 0.2) is 0 Å². The summed E-state index contributed by atoms with van der Waals surface area (Å²) in [5, 5.41) is 6.98. The molecule has 2 N–H and O–H groups in total. The number of aromatic nitrogens is 4. The molecule has 0 unspecified atom stereocenters. The molecule has 1 amide bonds. The molecular formula is C20H17F3N6O. The maximum atomic E-state index is 12.8. The number of benzene rings is 1. The van der Waals surface area contributed by atoms with Crippen molar-refractivity contribution in [3.05, 3.63) is 65.2 Å². The van der Waals surface area contributed by atoms with Crippen molar-refractivity contribution in [2.75, 3.05) is 0 Å². The minimum absolute atomic E-state index is 0.0880. The number of alkyl halides is 3. The highest BCUT2D eigenvalue weighted by molar-refractivity contribution is 6.07. The SMILES string of the molecule is Cc1nn(C)c2c1cnc1ccc(C(=O)N(N)Cc3ccc(C(F)(F)F)nc3)cc12. The fourth-order valence-electron chi connectivity index (χ4n) is 3.37. The van der Waals surface area contributed by atoms with Crippen molar-refractivity contribution < 1.29 is 18.0 Å². The van der Waals surface area contributed by atoms with Crippen LogP contribution < -0.4 is 5.84 Å². The third-order valence-electron chi connectivity index (χ3n) is 4.83. The molecule has 0 saturated heterocycles. The van der Waals surface area contributed by atoms with Crippen LogP contribution in [-0.2, 0) is 19.8 Å². The van der Waals surface area contributed by atoms with Crippen LogP contribution in [0.25, 0.3) is 21.8 Å². The zero-order valence-electron chi connectivity index (χ0n) is 16.1. The normalized spacial score (nSPS) is 11.9. The number of aryl methyl sites for hydroxylation is 2. The van der Waals surface area contributed by atoms with Crippen LogP contribution >= 0.6 is 0 Å². The molecule has 0 atom stereocenters. The smallest absolute Gasteiger partial charge is 0.272 e. The minimum atomic E-state index is -4.52. The molecule has 0 aliphatic carbocycles. The van der Waals surface area contributed by atoms with Crippen LogP contribution in [0.3, 0.4) is 0 Å².